The van der Waals surface area contributed by atoms with Crippen LogP contribution >= 0.6 is 0 Å². The number of hydrogen-bond donors (Lipinski definition) is 0. The van der Waals surface area contributed by atoms with E-state index in [1.807, 2.05) is 31.2 Å². The Kier molecular flexibility index (Phi) is 4.90. The molecule has 0 fully saturated rings. The molecule has 122 valence electrons. The van der Waals surface area contributed by atoms with Crippen molar-refractivity contribution >= 4 is 17.3 Å². The molecule has 1 unspecified atom stereocenters. The lowest BCUT2D eigenvalue weighted by molar-refractivity contribution is -0.146. The molecular formula is C21H20O3. The third-order valence-electron chi connectivity index (χ3n) is 4.23. The molecule has 0 saturated carbocycles. The number of carbonyl (C=O) groups is 2. The molecule has 0 aliphatic carbocycles. The largest absolute Gasteiger partial charge is 0.465 e. The van der Waals surface area contributed by atoms with E-state index in [0.717, 1.165) is 16.7 Å². The Bertz CT molecular complexity index is 775. The number of benzene rings is 2. The predicted octanol–water partition coefficient (Wildman–Crippen LogP) is 4.21. The Morgan fingerprint density at radius 3 is 2.62 bits per heavy atom. The quantitative estimate of drug-likeness (QED) is 0.483. The van der Waals surface area contributed by atoms with Crippen molar-refractivity contribution in [1.29, 1.82) is 0 Å². The van der Waals surface area contributed by atoms with Crippen LogP contribution in [0.3, 0.4) is 0 Å². The van der Waals surface area contributed by atoms with Crippen molar-refractivity contribution in [2.75, 3.05) is 6.61 Å². The van der Waals surface area contributed by atoms with Crippen LogP contribution in [0.25, 0.3) is 5.57 Å². The molecule has 3 rings (SSSR count). The summed E-state index contributed by atoms with van der Waals surface area (Å²) in [6, 6.07) is 17.1. The zero-order chi connectivity index (χ0) is 16.9. The number of carbonyl (C=O) groups excluding carboxylic acids is 2. The van der Waals surface area contributed by atoms with Crippen LogP contribution in [0.4, 0.5) is 0 Å². The minimum Gasteiger partial charge on any atom is -0.465 e. The first-order valence-corrected chi connectivity index (χ1v) is 8.17. The summed E-state index contributed by atoms with van der Waals surface area (Å²) in [5.41, 5.74) is 3.80. The zero-order valence-electron chi connectivity index (χ0n) is 13.7. The molecule has 3 heteroatoms. The standard InChI is InChI=1S/C21H20O3/c1-15-7-5-10-17(13-15)18-11-6-12-24-21(23)19(14-18)20(22)16-8-3-2-4-9-16/h2-5,7-11,13,19H,6,12,14H2,1H3/b18-11+. The van der Waals surface area contributed by atoms with Gasteiger partial charge in [0.15, 0.2) is 5.78 Å². The van der Waals surface area contributed by atoms with Crippen molar-refractivity contribution in [2.45, 2.75) is 19.8 Å². The zero-order valence-corrected chi connectivity index (χ0v) is 13.7. The van der Waals surface area contributed by atoms with Gasteiger partial charge in [-0.05, 0) is 24.5 Å². The van der Waals surface area contributed by atoms with Crippen LogP contribution in [0.2, 0.25) is 0 Å². The minimum atomic E-state index is -0.792. The fourth-order valence-corrected chi connectivity index (χ4v) is 2.96. The van der Waals surface area contributed by atoms with Gasteiger partial charge in [-0.1, -0.05) is 66.2 Å². The lowest BCUT2D eigenvalue weighted by Gasteiger charge is -2.20. The highest BCUT2D eigenvalue weighted by molar-refractivity contribution is 6.09. The van der Waals surface area contributed by atoms with Crippen molar-refractivity contribution in [1.82, 2.24) is 0 Å². The van der Waals surface area contributed by atoms with Gasteiger partial charge in [0.05, 0.1) is 6.61 Å². The molecule has 1 atom stereocenters. The highest BCUT2D eigenvalue weighted by atomic mass is 16.5. The van der Waals surface area contributed by atoms with Gasteiger partial charge in [0.25, 0.3) is 0 Å². The second kappa shape index (κ2) is 7.26. The second-order valence-corrected chi connectivity index (χ2v) is 6.04. The number of ketones is 1. The number of rotatable bonds is 3. The summed E-state index contributed by atoms with van der Waals surface area (Å²) in [6.45, 7) is 2.35. The first kappa shape index (κ1) is 16.2. The van der Waals surface area contributed by atoms with Crippen LogP contribution in [-0.4, -0.2) is 18.4 Å². The van der Waals surface area contributed by atoms with E-state index in [4.69, 9.17) is 4.74 Å². The van der Waals surface area contributed by atoms with Gasteiger partial charge in [-0.3, -0.25) is 9.59 Å². The van der Waals surface area contributed by atoms with E-state index in [0.29, 0.717) is 25.0 Å². The van der Waals surface area contributed by atoms with Gasteiger partial charge >= 0.3 is 5.97 Å². The maximum atomic E-state index is 12.8. The monoisotopic (exact) mass is 320 g/mol. The van der Waals surface area contributed by atoms with E-state index in [2.05, 4.69) is 12.1 Å². The van der Waals surface area contributed by atoms with Crippen molar-refractivity contribution in [3.05, 3.63) is 77.4 Å². The lowest BCUT2D eigenvalue weighted by Crippen LogP contribution is -2.28. The van der Waals surface area contributed by atoms with Gasteiger partial charge in [-0.25, -0.2) is 0 Å². The molecule has 24 heavy (non-hydrogen) atoms. The highest BCUT2D eigenvalue weighted by Crippen LogP contribution is 2.28. The Morgan fingerprint density at radius 1 is 1.08 bits per heavy atom. The molecule has 0 amide bonds. The number of esters is 1. The molecule has 0 aromatic heterocycles. The smallest absolute Gasteiger partial charge is 0.317 e. The summed E-state index contributed by atoms with van der Waals surface area (Å²) in [5.74, 6) is -1.40. The van der Waals surface area contributed by atoms with E-state index in [1.54, 1.807) is 24.3 Å². The number of allylic oxidation sites excluding steroid dienone is 1. The van der Waals surface area contributed by atoms with Gasteiger partial charge < -0.3 is 4.74 Å². The molecule has 2 aromatic carbocycles. The van der Waals surface area contributed by atoms with Crippen LogP contribution in [0.5, 0.6) is 0 Å². The Morgan fingerprint density at radius 2 is 1.88 bits per heavy atom. The van der Waals surface area contributed by atoms with Gasteiger partial charge in [0.1, 0.15) is 5.92 Å². The molecule has 2 aromatic rings. The summed E-state index contributed by atoms with van der Waals surface area (Å²) in [6.07, 6.45) is 3.11. The van der Waals surface area contributed by atoms with Crippen LogP contribution < -0.4 is 0 Å². The fraction of sp³-hybridized carbons (Fsp3) is 0.238. The molecule has 1 heterocycles. The maximum absolute atomic E-state index is 12.8. The molecule has 0 spiro atoms. The summed E-state index contributed by atoms with van der Waals surface area (Å²) >= 11 is 0. The Balaban J connectivity index is 1.92. The van der Waals surface area contributed by atoms with Gasteiger partial charge in [0, 0.05) is 12.0 Å². The number of aryl methyl sites for hydroxylation is 1. The SMILES string of the molecule is Cc1cccc(/C2=C/CCOC(=O)C(C(=O)c3ccccc3)C2)c1. The normalized spacial score (nSPS) is 20.3. The van der Waals surface area contributed by atoms with Gasteiger partial charge in [0.2, 0.25) is 0 Å². The van der Waals surface area contributed by atoms with Crippen molar-refractivity contribution in [3.63, 3.8) is 0 Å². The summed E-state index contributed by atoms with van der Waals surface area (Å²) in [4.78, 5) is 25.1. The van der Waals surface area contributed by atoms with Gasteiger partial charge in [-0.15, -0.1) is 0 Å². The number of cyclic esters (lactones) is 1. The number of Topliss-reactive ketones (excluding diaryl/α,β-unsaturated/α-hetero) is 1. The predicted molar refractivity (Wildman–Crippen MR) is 93.6 cm³/mol. The Hall–Kier alpha value is -2.68. The molecule has 1 aliphatic heterocycles. The Labute approximate surface area is 142 Å². The summed E-state index contributed by atoms with van der Waals surface area (Å²) in [5, 5.41) is 0. The van der Waals surface area contributed by atoms with Crippen LogP contribution in [0.15, 0.2) is 60.7 Å². The lowest BCUT2D eigenvalue weighted by atomic mass is 9.87. The average molecular weight is 320 g/mol. The first-order chi connectivity index (χ1) is 11.6. The van der Waals surface area contributed by atoms with Crippen molar-refractivity contribution < 1.29 is 14.3 Å². The molecule has 0 N–H and O–H groups in total. The average Bonchev–Trinajstić information content (AvgIpc) is 2.59. The number of hydrogen-bond acceptors (Lipinski definition) is 3. The summed E-state index contributed by atoms with van der Waals surface area (Å²) in [7, 11) is 0. The molecular weight excluding hydrogens is 300 g/mol. The molecule has 1 aliphatic rings. The molecule has 0 radical (unpaired) electrons. The van der Waals surface area contributed by atoms with Crippen LogP contribution in [0, 0.1) is 12.8 Å². The third kappa shape index (κ3) is 3.62. The summed E-state index contributed by atoms with van der Waals surface area (Å²) < 4.78 is 5.24. The highest BCUT2D eigenvalue weighted by Gasteiger charge is 2.31. The van der Waals surface area contributed by atoms with Crippen molar-refractivity contribution in [2.24, 2.45) is 5.92 Å². The topological polar surface area (TPSA) is 43.4 Å². The van der Waals surface area contributed by atoms with Crippen LogP contribution in [0.1, 0.15) is 34.3 Å². The minimum absolute atomic E-state index is 0.180. The molecule has 3 nitrogen and oxygen atoms in total. The molecule has 0 saturated heterocycles. The number of ether oxygens (including phenoxy) is 1. The van der Waals surface area contributed by atoms with E-state index >= 15 is 0 Å². The van der Waals surface area contributed by atoms with Crippen molar-refractivity contribution in [3.8, 4) is 0 Å². The van der Waals surface area contributed by atoms with E-state index < -0.39 is 11.9 Å². The fourth-order valence-electron chi connectivity index (χ4n) is 2.96. The molecule has 0 bridgehead atoms. The second-order valence-electron chi connectivity index (χ2n) is 6.04. The van der Waals surface area contributed by atoms with Crippen LogP contribution in [-0.2, 0) is 9.53 Å². The van der Waals surface area contributed by atoms with Gasteiger partial charge in [-0.2, -0.15) is 0 Å². The van der Waals surface area contributed by atoms with E-state index in [9.17, 15) is 9.59 Å². The maximum Gasteiger partial charge on any atom is 0.317 e. The van der Waals surface area contributed by atoms with E-state index in [1.165, 1.54) is 0 Å². The van der Waals surface area contributed by atoms with E-state index in [-0.39, 0.29) is 5.78 Å². The third-order valence-corrected chi connectivity index (χ3v) is 4.23. The first-order valence-electron chi connectivity index (χ1n) is 8.17.